The van der Waals surface area contributed by atoms with Crippen molar-refractivity contribution < 1.29 is 10.2 Å². The molecule has 24 heavy (non-hydrogen) atoms. The van der Waals surface area contributed by atoms with Crippen LogP contribution in [-0.2, 0) is 12.8 Å². The average molecular weight is 845 g/mol. The molecular formula is C14H6Br8O2. The lowest BCUT2D eigenvalue weighted by atomic mass is 10.0. The number of phenolic OH excluding ortho intramolecular Hbond substituents is 2. The molecule has 0 atom stereocenters. The molecular weight excluding hydrogens is 839 g/mol. The van der Waals surface area contributed by atoms with Gasteiger partial charge >= 0.3 is 0 Å². The van der Waals surface area contributed by atoms with Crippen molar-refractivity contribution >= 4 is 127 Å². The first-order chi connectivity index (χ1) is 11.1. The predicted octanol–water partition coefficient (Wildman–Crippen LogP) is 8.98. The standard InChI is InChI=1S/C14H6Br8O2/c15-5-3(13(23)11(21)9(19)7(5)17)1-2-4-6(16)8(18)10(20)12(22)14(4)24/h23-24H,1-2H2. The summed E-state index contributed by atoms with van der Waals surface area (Å²) >= 11 is 27.6. The fourth-order valence-electron chi connectivity index (χ4n) is 2.04. The Morgan fingerprint density at radius 1 is 0.417 bits per heavy atom. The molecule has 2 aromatic carbocycles. The second-order valence-electron chi connectivity index (χ2n) is 4.67. The number of aromatic hydroxyl groups is 2. The van der Waals surface area contributed by atoms with Crippen LogP contribution < -0.4 is 0 Å². The third-order valence-corrected chi connectivity index (χ3v) is 13.0. The third kappa shape index (κ3) is 4.15. The first kappa shape index (κ1) is 22.2. The number of halogens is 8. The highest BCUT2D eigenvalue weighted by Gasteiger charge is 2.22. The fourth-order valence-corrected chi connectivity index (χ4v) is 6.79. The molecule has 10 heteroatoms. The van der Waals surface area contributed by atoms with Gasteiger partial charge in [0.15, 0.2) is 0 Å². The monoisotopic (exact) mass is 837 g/mol. The summed E-state index contributed by atoms with van der Waals surface area (Å²) in [5, 5.41) is 20.9. The van der Waals surface area contributed by atoms with Crippen molar-refractivity contribution in [1.82, 2.24) is 0 Å². The predicted molar refractivity (Wildman–Crippen MR) is 125 cm³/mol. The van der Waals surface area contributed by atoms with E-state index in [1.54, 1.807) is 0 Å². The first-order valence-electron chi connectivity index (χ1n) is 6.17. The third-order valence-electron chi connectivity index (χ3n) is 3.30. The van der Waals surface area contributed by atoms with Gasteiger partial charge in [-0.05, 0) is 140 Å². The minimum atomic E-state index is 0.155. The highest BCUT2D eigenvalue weighted by Crippen LogP contribution is 2.48. The Morgan fingerprint density at radius 2 is 0.667 bits per heavy atom. The molecule has 0 heterocycles. The molecule has 0 aliphatic carbocycles. The molecule has 0 radical (unpaired) electrons. The summed E-state index contributed by atoms with van der Waals surface area (Å²) in [4.78, 5) is 0. The Bertz CT molecular complexity index is 707. The van der Waals surface area contributed by atoms with Gasteiger partial charge in [-0.3, -0.25) is 0 Å². The van der Waals surface area contributed by atoms with Crippen LogP contribution >= 0.6 is 127 Å². The zero-order chi connectivity index (χ0) is 18.3. The molecule has 2 N–H and O–H groups in total. The molecule has 2 nitrogen and oxygen atoms in total. The van der Waals surface area contributed by atoms with Crippen LogP contribution in [-0.4, -0.2) is 10.2 Å². The summed E-state index contributed by atoms with van der Waals surface area (Å²) in [5.74, 6) is 0.311. The van der Waals surface area contributed by atoms with E-state index >= 15 is 0 Å². The lowest BCUT2D eigenvalue weighted by Crippen LogP contribution is -1.98. The van der Waals surface area contributed by atoms with E-state index in [2.05, 4.69) is 127 Å². The summed E-state index contributed by atoms with van der Waals surface area (Å²) < 4.78 is 5.76. The maximum atomic E-state index is 10.4. The molecule has 0 amide bonds. The minimum absolute atomic E-state index is 0.155. The smallest absolute Gasteiger partial charge is 0.135 e. The van der Waals surface area contributed by atoms with E-state index in [1.165, 1.54) is 0 Å². The number of phenols is 2. The average Bonchev–Trinajstić information content (AvgIpc) is 2.57. The number of hydrogen-bond acceptors (Lipinski definition) is 2. The molecule has 0 aromatic heterocycles. The van der Waals surface area contributed by atoms with E-state index in [0.717, 1.165) is 38.0 Å². The minimum Gasteiger partial charge on any atom is -0.506 e. The topological polar surface area (TPSA) is 40.5 Å². The lowest BCUT2D eigenvalue weighted by Gasteiger charge is -2.16. The zero-order valence-corrected chi connectivity index (χ0v) is 24.0. The van der Waals surface area contributed by atoms with Crippen molar-refractivity contribution in [3.05, 3.63) is 46.9 Å². The van der Waals surface area contributed by atoms with Crippen molar-refractivity contribution in [2.75, 3.05) is 0 Å². The van der Waals surface area contributed by atoms with Crippen LogP contribution in [0.1, 0.15) is 11.1 Å². The SMILES string of the molecule is Oc1c(Br)c(Br)c(Br)c(Br)c1CCc1c(O)c(Br)c(Br)c(Br)c1Br. The van der Waals surface area contributed by atoms with E-state index in [0.29, 0.717) is 21.8 Å². The van der Waals surface area contributed by atoms with Crippen LogP contribution in [0.25, 0.3) is 0 Å². The Morgan fingerprint density at radius 3 is 0.958 bits per heavy atom. The maximum Gasteiger partial charge on any atom is 0.135 e. The highest BCUT2D eigenvalue weighted by molar-refractivity contribution is 9.15. The quantitative estimate of drug-likeness (QED) is 0.240. The van der Waals surface area contributed by atoms with E-state index in [1.807, 2.05) is 0 Å². The van der Waals surface area contributed by atoms with Gasteiger partial charge in [0, 0.05) is 29.0 Å². The largest absolute Gasteiger partial charge is 0.506 e. The van der Waals surface area contributed by atoms with Crippen LogP contribution in [0.3, 0.4) is 0 Å². The van der Waals surface area contributed by atoms with E-state index in [-0.39, 0.29) is 11.5 Å². The fraction of sp³-hybridized carbons (Fsp3) is 0.143. The van der Waals surface area contributed by atoms with Gasteiger partial charge < -0.3 is 10.2 Å². The molecule has 0 aliphatic heterocycles. The van der Waals surface area contributed by atoms with Gasteiger partial charge in [0.1, 0.15) is 11.5 Å². The molecule has 2 aromatic rings. The van der Waals surface area contributed by atoms with Crippen molar-refractivity contribution in [3.8, 4) is 11.5 Å². The molecule has 0 unspecified atom stereocenters. The lowest BCUT2D eigenvalue weighted by molar-refractivity contribution is 0.457. The molecule has 0 saturated carbocycles. The molecule has 0 aliphatic rings. The number of hydrogen-bond donors (Lipinski definition) is 2. The van der Waals surface area contributed by atoms with Crippen LogP contribution in [0.2, 0.25) is 0 Å². The summed E-state index contributed by atoms with van der Waals surface area (Å²) in [7, 11) is 0. The van der Waals surface area contributed by atoms with E-state index in [4.69, 9.17) is 0 Å². The van der Waals surface area contributed by atoms with Gasteiger partial charge in [-0.2, -0.15) is 0 Å². The summed E-state index contributed by atoms with van der Waals surface area (Å²) in [6, 6.07) is 0. The Labute approximate surface area is 206 Å². The Balaban J connectivity index is 2.48. The van der Waals surface area contributed by atoms with Crippen LogP contribution in [0.5, 0.6) is 11.5 Å². The van der Waals surface area contributed by atoms with Crippen LogP contribution in [0, 0.1) is 0 Å². The van der Waals surface area contributed by atoms with Crippen molar-refractivity contribution in [2.45, 2.75) is 12.8 Å². The van der Waals surface area contributed by atoms with E-state index in [9.17, 15) is 10.2 Å². The normalized spacial score (nSPS) is 11.2. The Hall–Kier alpha value is 1.88. The Kier molecular flexibility index (Phi) is 8.24. The van der Waals surface area contributed by atoms with Gasteiger partial charge in [0.05, 0.1) is 17.9 Å². The van der Waals surface area contributed by atoms with E-state index < -0.39 is 0 Å². The van der Waals surface area contributed by atoms with Crippen LogP contribution in [0.15, 0.2) is 35.8 Å². The van der Waals surface area contributed by atoms with Crippen LogP contribution in [0.4, 0.5) is 0 Å². The van der Waals surface area contributed by atoms with Crippen molar-refractivity contribution in [2.24, 2.45) is 0 Å². The maximum absolute atomic E-state index is 10.4. The number of benzene rings is 2. The molecule has 130 valence electrons. The summed E-state index contributed by atoms with van der Waals surface area (Å²) in [5.41, 5.74) is 1.47. The highest BCUT2D eigenvalue weighted by atomic mass is 79.9. The zero-order valence-electron chi connectivity index (χ0n) is 11.3. The van der Waals surface area contributed by atoms with Gasteiger partial charge in [0.25, 0.3) is 0 Å². The molecule has 0 fully saturated rings. The second-order valence-corrected chi connectivity index (χ2v) is 11.0. The van der Waals surface area contributed by atoms with Gasteiger partial charge in [-0.25, -0.2) is 0 Å². The van der Waals surface area contributed by atoms with Crippen molar-refractivity contribution in [1.29, 1.82) is 0 Å². The summed E-state index contributed by atoms with van der Waals surface area (Å²) in [6.07, 6.45) is 1.03. The van der Waals surface area contributed by atoms with Crippen molar-refractivity contribution in [3.63, 3.8) is 0 Å². The van der Waals surface area contributed by atoms with Gasteiger partial charge in [-0.1, -0.05) is 0 Å². The molecule has 2 rings (SSSR count). The molecule has 0 saturated heterocycles. The van der Waals surface area contributed by atoms with Gasteiger partial charge in [0.2, 0.25) is 0 Å². The molecule has 0 spiro atoms. The van der Waals surface area contributed by atoms with Gasteiger partial charge in [-0.15, -0.1) is 0 Å². The summed E-state index contributed by atoms with van der Waals surface area (Å²) in [6.45, 7) is 0. The second kappa shape index (κ2) is 8.92. The molecule has 0 bridgehead atoms. The first-order valence-corrected chi connectivity index (χ1v) is 12.5. The number of rotatable bonds is 3.